The molecular formula is C12H14Br2ClNO. The van der Waals surface area contributed by atoms with Crippen LogP contribution in [0.3, 0.4) is 0 Å². The Bertz CT molecular complexity index is 433. The van der Waals surface area contributed by atoms with Crippen molar-refractivity contribution in [1.29, 1.82) is 0 Å². The van der Waals surface area contributed by atoms with Crippen molar-refractivity contribution in [2.75, 3.05) is 0 Å². The summed E-state index contributed by atoms with van der Waals surface area (Å²) in [5.41, 5.74) is 0.130. The average molecular weight is 384 g/mol. The number of hydrogen-bond donors (Lipinski definition) is 1. The second-order valence-corrected chi connectivity index (χ2v) is 7.00. The number of carbonyl (C=O) groups is 1. The first kappa shape index (κ1) is 15.0. The molecule has 94 valence electrons. The van der Waals surface area contributed by atoms with Crippen molar-refractivity contribution in [2.45, 2.75) is 31.1 Å². The molecule has 5 heteroatoms. The van der Waals surface area contributed by atoms with Crippen LogP contribution >= 0.6 is 43.5 Å². The molecule has 0 aliphatic heterocycles. The largest absolute Gasteiger partial charge is 0.346 e. The molecule has 1 rings (SSSR count). The summed E-state index contributed by atoms with van der Waals surface area (Å²) in [6, 6.07) is 5.30. The third kappa shape index (κ3) is 3.70. The van der Waals surface area contributed by atoms with Crippen LogP contribution in [0.1, 0.15) is 31.1 Å². The Morgan fingerprint density at radius 3 is 2.59 bits per heavy atom. The summed E-state index contributed by atoms with van der Waals surface area (Å²) in [6.07, 6.45) is 0. The van der Waals surface area contributed by atoms with Crippen LogP contribution in [0.2, 0.25) is 5.02 Å². The number of alkyl halides is 1. The van der Waals surface area contributed by atoms with Crippen molar-refractivity contribution in [3.63, 3.8) is 0 Å². The maximum Gasteiger partial charge on any atom is 0.253 e. The predicted molar refractivity (Wildman–Crippen MR) is 79.1 cm³/mol. The van der Waals surface area contributed by atoms with E-state index in [2.05, 4.69) is 37.2 Å². The molecular weight excluding hydrogens is 369 g/mol. The van der Waals surface area contributed by atoms with Gasteiger partial charge in [-0.1, -0.05) is 40.5 Å². The van der Waals surface area contributed by atoms with Gasteiger partial charge in [0.1, 0.15) is 0 Å². The van der Waals surface area contributed by atoms with Gasteiger partial charge in [-0.2, -0.15) is 0 Å². The Hall–Kier alpha value is -0.0600. The van der Waals surface area contributed by atoms with Crippen LogP contribution in [0.25, 0.3) is 0 Å². The summed E-state index contributed by atoms with van der Waals surface area (Å²) in [5.74, 6) is -0.174. The SMILES string of the molecule is CC(Br)C(C)(C)NC(=O)c1cccc(Br)c1Cl. The molecule has 0 spiro atoms. The number of amides is 1. The van der Waals surface area contributed by atoms with Crippen molar-refractivity contribution in [3.8, 4) is 0 Å². The van der Waals surface area contributed by atoms with Crippen LogP contribution in [0.15, 0.2) is 22.7 Å². The van der Waals surface area contributed by atoms with Crippen molar-refractivity contribution in [3.05, 3.63) is 33.3 Å². The number of rotatable bonds is 3. The Balaban J connectivity index is 2.95. The van der Waals surface area contributed by atoms with E-state index in [4.69, 9.17) is 11.6 Å². The molecule has 17 heavy (non-hydrogen) atoms. The van der Waals surface area contributed by atoms with E-state index in [0.29, 0.717) is 10.6 Å². The van der Waals surface area contributed by atoms with Crippen LogP contribution in [0, 0.1) is 0 Å². The summed E-state index contributed by atoms with van der Waals surface area (Å²) in [5, 5.41) is 3.38. The highest BCUT2D eigenvalue weighted by Gasteiger charge is 2.27. The monoisotopic (exact) mass is 381 g/mol. The molecule has 0 aromatic heterocycles. The molecule has 1 amide bonds. The van der Waals surface area contributed by atoms with Crippen molar-refractivity contribution >= 4 is 49.4 Å². The van der Waals surface area contributed by atoms with Crippen LogP contribution in [-0.4, -0.2) is 16.3 Å². The molecule has 1 aromatic carbocycles. The van der Waals surface area contributed by atoms with Gasteiger partial charge in [-0.25, -0.2) is 0 Å². The first-order valence-corrected chi connectivity index (χ1v) is 7.25. The molecule has 0 radical (unpaired) electrons. The van der Waals surface area contributed by atoms with Gasteiger partial charge in [0.2, 0.25) is 0 Å². The maximum atomic E-state index is 12.1. The normalized spacial score (nSPS) is 13.3. The third-order valence-electron chi connectivity index (χ3n) is 2.63. The van der Waals surface area contributed by atoms with Gasteiger partial charge in [0.15, 0.2) is 0 Å². The van der Waals surface area contributed by atoms with Crippen molar-refractivity contribution in [2.24, 2.45) is 0 Å². The number of halogens is 3. The van der Waals surface area contributed by atoms with Gasteiger partial charge in [-0.15, -0.1) is 0 Å². The minimum Gasteiger partial charge on any atom is -0.346 e. The van der Waals surface area contributed by atoms with Crippen LogP contribution in [0.4, 0.5) is 0 Å². The van der Waals surface area contributed by atoms with Gasteiger partial charge < -0.3 is 5.32 Å². The first-order chi connectivity index (χ1) is 7.75. The number of carbonyl (C=O) groups excluding carboxylic acids is 1. The highest BCUT2D eigenvalue weighted by atomic mass is 79.9. The first-order valence-electron chi connectivity index (χ1n) is 5.16. The standard InChI is InChI=1S/C12H14Br2ClNO/c1-7(13)12(2,3)16-11(17)8-5-4-6-9(14)10(8)15/h4-7H,1-3H3,(H,16,17). The van der Waals surface area contributed by atoms with Gasteiger partial charge in [-0.3, -0.25) is 4.79 Å². The Labute approximate surface area is 123 Å². The molecule has 0 bridgehead atoms. The van der Waals surface area contributed by atoms with E-state index in [-0.39, 0.29) is 16.3 Å². The van der Waals surface area contributed by atoms with Crippen LogP contribution in [0.5, 0.6) is 0 Å². The topological polar surface area (TPSA) is 29.1 Å². The van der Waals surface area contributed by atoms with Gasteiger partial charge in [0.25, 0.3) is 5.91 Å². The second-order valence-electron chi connectivity index (χ2n) is 4.39. The second kappa shape index (κ2) is 5.72. The molecule has 0 fully saturated rings. The van der Waals surface area contributed by atoms with E-state index in [0.717, 1.165) is 4.47 Å². The third-order valence-corrected chi connectivity index (χ3v) is 5.07. The van der Waals surface area contributed by atoms with E-state index in [1.165, 1.54) is 0 Å². The van der Waals surface area contributed by atoms with E-state index < -0.39 is 0 Å². The molecule has 0 saturated carbocycles. The lowest BCUT2D eigenvalue weighted by Gasteiger charge is -2.29. The van der Waals surface area contributed by atoms with Gasteiger partial charge in [0, 0.05) is 14.8 Å². The molecule has 2 nitrogen and oxygen atoms in total. The highest BCUT2D eigenvalue weighted by molar-refractivity contribution is 9.10. The minimum atomic E-state index is -0.345. The highest BCUT2D eigenvalue weighted by Crippen LogP contribution is 2.27. The smallest absolute Gasteiger partial charge is 0.253 e. The zero-order valence-electron chi connectivity index (χ0n) is 9.85. The number of hydrogen-bond acceptors (Lipinski definition) is 1. The number of benzene rings is 1. The lowest BCUT2D eigenvalue weighted by molar-refractivity contribution is 0.0914. The maximum absolute atomic E-state index is 12.1. The van der Waals surface area contributed by atoms with Crippen LogP contribution < -0.4 is 5.32 Å². The Kier molecular flexibility index (Phi) is 5.05. The molecule has 1 aromatic rings. The summed E-state index contributed by atoms with van der Waals surface area (Å²) in [7, 11) is 0. The average Bonchev–Trinajstić information content (AvgIpc) is 2.21. The fourth-order valence-corrected chi connectivity index (χ4v) is 1.83. The molecule has 0 aliphatic rings. The van der Waals surface area contributed by atoms with Gasteiger partial charge in [0.05, 0.1) is 10.6 Å². The van der Waals surface area contributed by atoms with Gasteiger partial charge >= 0.3 is 0 Å². The fraction of sp³-hybridized carbons (Fsp3) is 0.417. The summed E-state index contributed by atoms with van der Waals surface area (Å²) >= 11 is 12.9. The molecule has 0 saturated heterocycles. The lowest BCUT2D eigenvalue weighted by Crippen LogP contribution is -2.48. The van der Waals surface area contributed by atoms with E-state index in [1.54, 1.807) is 18.2 Å². The molecule has 1 N–H and O–H groups in total. The number of nitrogens with one attached hydrogen (secondary N) is 1. The Morgan fingerprint density at radius 1 is 1.47 bits per heavy atom. The molecule has 0 heterocycles. The zero-order valence-corrected chi connectivity index (χ0v) is 13.8. The van der Waals surface area contributed by atoms with Crippen molar-refractivity contribution in [1.82, 2.24) is 5.32 Å². The minimum absolute atomic E-state index is 0.157. The molecule has 1 atom stereocenters. The van der Waals surface area contributed by atoms with Crippen molar-refractivity contribution < 1.29 is 4.79 Å². The summed E-state index contributed by atoms with van der Waals surface area (Å²) < 4.78 is 0.719. The van der Waals surface area contributed by atoms with E-state index in [1.807, 2.05) is 20.8 Å². The predicted octanol–water partition coefficient (Wildman–Crippen LogP) is 4.39. The van der Waals surface area contributed by atoms with Crippen LogP contribution in [-0.2, 0) is 0 Å². The van der Waals surface area contributed by atoms with E-state index in [9.17, 15) is 4.79 Å². The Morgan fingerprint density at radius 2 is 2.06 bits per heavy atom. The lowest BCUT2D eigenvalue weighted by atomic mass is 10.0. The van der Waals surface area contributed by atoms with Gasteiger partial charge in [-0.05, 0) is 41.9 Å². The zero-order chi connectivity index (χ0) is 13.2. The summed E-state index contributed by atoms with van der Waals surface area (Å²) in [6.45, 7) is 5.90. The molecule has 1 unspecified atom stereocenters. The van der Waals surface area contributed by atoms with E-state index >= 15 is 0 Å². The quantitative estimate of drug-likeness (QED) is 0.771. The molecule has 0 aliphatic carbocycles. The summed E-state index contributed by atoms with van der Waals surface area (Å²) in [4.78, 5) is 12.3. The fourth-order valence-electron chi connectivity index (χ4n) is 1.14.